The van der Waals surface area contributed by atoms with Crippen molar-refractivity contribution in [2.24, 2.45) is 0 Å². The Labute approximate surface area is 123 Å². The van der Waals surface area contributed by atoms with E-state index in [0.29, 0.717) is 17.9 Å². The van der Waals surface area contributed by atoms with Crippen molar-refractivity contribution in [1.82, 2.24) is 0 Å². The number of hydrogen-bond acceptors (Lipinski definition) is 6. The highest BCUT2D eigenvalue weighted by atomic mass is 32.2. The summed E-state index contributed by atoms with van der Waals surface area (Å²) in [5.74, 6) is -0.375. The third kappa shape index (κ3) is 4.33. The van der Waals surface area contributed by atoms with E-state index in [2.05, 4.69) is 9.46 Å². The molecule has 1 unspecified atom stereocenters. The molecule has 0 saturated carbocycles. The quantitative estimate of drug-likeness (QED) is 0.724. The zero-order chi connectivity index (χ0) is 16.0. The number of benzene rings is 1. The van der Waals surface area contributed by atoms with E-state index < -0.39 is 21.2 Å². The number of anilines is 1. The zero-order valence-electron chi connectivity index (χ0n) is 12.1. The summed E-state index contributed by atoms with van der Waals surface area (Å²) < 4.78 is 36.0. The van der Waals surface area contributed by atoms with Crippen LogP contribution in [0.5, 0.6) is 5.75 Å². The Bertz CT molecular complexity index is 599. The molecule has 8 heteroatoms. The first-order valence-electron chi connectivity index (χ1n) is 6.31. The van der Waals surface area contributed by atoms with E-state index in [9.17, 15) is 18.3 Å². The van der Waals surface area contributed by atoms with Gasteiger partial charge in [-0.15, -0.1) is 0 Å². The minimum atomic E-state index is -3.92. The van der Waals surface area contributed by atoms with Crippen molar-refractivity contribution in [3.8, 4) is 5.75 Å². The smallest absolute Gasteiger partial charge is 0.325 e. The fraction of sp³-hybridized carbons (Fsp3) is 0.462. The molecule has 0 aromatic heterocycles. The van der Waals surface area contributed by atoms with Gasteiger partial charge in [0, 0.05) is 11.3 Å². The third-order valence-corrected chi connectivity index (χ3v) is 4.43. The van der Waals surface area contributed by atoms with Gasteiger partial charge < -0.3 is 14.6 Å². The molecule has 0 fully saturated rings. The lowest BCUT2D eigenvalue weighted by molar-refractivity contribution is -0.139. The number of hydrogen-bond donors (Lipinski definition) is 2. The fourth-order valence-electron chi connectivity index (χ4n) is 1.61. The standard InChI is InChI=1S/C13H19NO6S/c1-4-20-12-6-5-11(7-10(12)8-15)14-21(17,18)9(2)13(16)19-3/h5-7,9,14-15H,4,8H2,1-3H3. The SMILES string of the molecule is CCOc1ccc(NS(=O)(=O)C(C)C(=O)OC)cc1CO. The molecule has 0 aliphatic carbocycles. The van der Waals surface area contributed by atoms with E-state index in [-0.39, 0.29) is 12.3 Å². The normalized spacial score (nSPS) is 12.6. The summed E-state index contributed by atoms with van der Waals surface area (Å²) in [6.45, 7) is 3.17. The number of aliphatic hydroxyl groups excluding tert-OH is 1. The molecule has 0 aliphatic rings. The maximum Gasteiger partial charge on any atom is 0.325 e. The summed E-state index contributed by atoms with van der Waals surface area (Å²) in [6.07, 6.45) is 0. The highest BCUT2D eigenvalue weighted by Gasteiger charge is 2.29. The van der Waals surface area contributed by atoms with Crippen molar-refractivity contribution in [2.45, 2.75) is 25.7 Å². The van der Waals surface area contributed by atoms with Crippen LogP contribution in [0.15, 0.2) is 18.2 Å². The van der Waals surface area contributed by atoms with Crippen molar-refractivity contribution in [1.29, 1.82) is 0 Å². The lowest BCUT2D eigenvalue weighted by atomic mass is 10.2. The van der Waals surface area contributed by atoms with E-state index in [1.54, 1.807) is 13.0 Å². The van der Waals surface area contributed by atoms with Crippen LogP contribution in [-0.4, -0.2) is 38.5 Å². The second-order valence-electron chi connectivity index (χ2n) is 4.23. The third-order valence-electron chi connectivity index (χ3n) is 2.79. The Morgan fingerprint density at radius 3 is 2.62 bits per heavy atom. The number of esters is 1. The van der Waals surface area contributed by atoms with Crippen LogP contribution in [0.2, 0.25) is 0 Å². The van der Waals surface area contributed by atoms with Crippen molar-refractivity contribution in [2.75, 3.05) is 18.4 Å². The number of ether oxygens (including phenoxy) is 2. The molecule has 1 aromatic carbocycles. The summed E-state index contributed by atoms with van der Waals surface area (Å²) >= 11 is 0. The molecule has 0 aliphatic heterocycles. The van der Waals surface area contributed by atoms with Gasteiger partial charge in [-0.2, -0.15) is 0 Å². The number of rotatable bonds is 7. The van der Waals surface area contributed by atoms with Crippen LogP contribution >= 0.6 is 0 Å². The molecule has 0 saturated heterocycles. The van der Waals surface area contributed by atoms with Crippen LogP contribution in [-0.2, 0) is 26.2 Å². The van der Waals surface area contributed by atoms with Gasteiger partial charge in [0.2, 0.25) is 10.0 Å². The van der Waals surface area contributed by atoms with E-state index in [0.717, 1.165) is 7.11 Å². The molecular formula is C13H19NO6S. The zero-order valence-corrected chi connectivity index (χ0v) is 12.9. The minimum Gasteiger partial charge on any atom is -0.494 e. The van der Waals surface area contributed by atoms with E-state index in [1.165, 1.54) is 19.1 Å². The average molecular weight is 317 g/mol. The first kappa shape index (κ1) is 17.3. The van der Waals surface area contributed by atoms with Crippen molar-refractivity contribution < 1.29 is 27.8 Å². The van der Waals surface area contributed by atoms with Crippen LogP contribution < -0.4 is 9.46 Å². The number of nitrogens with one attached hydrogen (secondary N) is 1. The van der Waals surface area contributed by atoms with E-state index in [1.807, 2.05) is 0 Å². The van der Waals surface area contributed by atoms with Gasteiger partial charge in [0.25, 0.3) is 0 Å². The lowest BCUT2D eigenvalue weighted by Gasteiger charge is -2.15. The van der Waals surface area contributed by atoms with Gasteiger partial charge in [0.15, 0.2) is 5.25 Å². The molecule has 7 nitrogen and oxygen atoms in total. The van der Waals surface area contributed by atoms with Gasteiger partial charge in [0.05, 0.1) is 20.3 Å². The molecule has 1 aromatic rings. The monoisotopic (exact) mass is 317 g/mol. The van der Waals surface area contributed by atoms with E-state index >= 15 is 0 Å². The molecule has 2 N–H and O–H groups in total. The van der Waals surface area contributed by atoms with Crippen LogP contribution in [0.1, 0.15) is 19.4 Å². The predicted octanol–water partition coefficient (Wildman–Crippen LogP) is 0.881. The van der Waals surface area contributed by atoms with Crippen LogP contribution in [0, 0.1) is 0 Å². The second-order valence-corrected chi connectivity index (χ2v) is 6.23. The largest absolute Gasteiger partial charge is 0.494 e. The highest BCUT2D eigenvalue weighted by molar-refractivity contribution is 7.94. The van der Waals surface area contributed by atoms with Crippen LogP contribution in [0.25, 0.3) is 0 Å². The van der Waals surface area contributed by atoms with Gasteiger partial charge in [0.1, 0.15) is 5.75 Å². The van der Waals surface area contributed by atoms with Gasteiger partial charge >= 0.3 is 5.97 Å². The molecule has 118 valence electrons. The van der Waals surface area contributed by atoms with Crippen LogP contribution in [0.3, 0.4) is 0 Å². The molecule has 0 radical (unpaired) electrons. The first-order chi connectivity index (χ1) is 9.85. The highest BCUT2D eigenvalue weighted by Crippen LogP contribution is 2.24. The van der Waals surface area contributed by atoms with Gasteiger partial charge in [-0.05, 0) is 32.0 Å². The van der Waals surface area contributed by atoms with Crippen molar-refractivity contribution in [3.05, 3.63) is 23.8 Å². The first-order valence-corrected chi connectivity index (χ1v) is 7.86. The maximum atomic E-state index is 12.0. The molecule has 0 bridgehead atoms. The molecule has 0 spiro atoms. The molecule has 21 heavy (non-hydrogen) atoms. The van der Waals surface area contributed by atoms with Crippen LogP contribution in [0.4, 0.5) is 5.69 Å². The maximum absolute atomic E-state index is 12.0. The Kier molecular flexibility index (Phi) is 5.98. The summed E-state index contributed by atoms with van der Waals surface area (Å²) in [5.41, 5.74) is 0.682. The number of aliphatic hydroxyl groups is 1. The molecule has 0 heterocycles. The average Bonchev–Trinajstić information content (AvgIpc) is 2.47. The van der Waals surface area contributed by atoms with Gasteiger partial charge in [-0.25, -0.2) is 8.42 Å². The van der Waals surface area contributed by atoms with Gasteiger partial charge in [-0.1, -0.05) is 0 Å². The summed E-state index contributed by atoms with van der Waals surface area (Å²) in [5, 5.41) is 7.93. The van der Waals surface area contributed by atoms with Crippen molar-refractivity contribution >= 4 is 21.7 Å². The molecule has 0 amide bonds. The number of carbonyl (C=O) groups is 1. The van der Waals surface area contributed by atoms with Crippen molar-refractivity contribution in [3.63, 3.8) is 0 Å². The second kappa shape index (κ2) is 7.28. The number of carbonyl (C=O) groups excluding carboxylic acids is 1. The molecular weight excluding hydrogens is 298 g/mol. The number of sulfonamides is 1. The minimum absolute atomic E-state index is 0.234. The molecule has 1 rings (SSSR count). The Balaban J connectivity index is 3.00. The Morgan fingerprint density at radius 2 is 2.10 bits per heavy atom. The topological polar surface area (TPSA) is 102 Å². The Hall–Kier alpha value is -1.80. The summed E-state index contributed by atoms with van der Waals surface area (Å²) in [4.78, 5) is 11.3. The summed E-state index contributed by atoms with van der Waals surface area (Å²) in [7, 11) is -2.80. The lowest BCUT2D eigenvalue weighted by Crippen LogP contribution is -2.33. The van der Waals surface area contributed by atoms with E-state index in [4.69, 9.17) is 4.74 Å². The number of methoxy groups -OCH3 is 1. The fourth-order valence-corrected chi connectivity index (χ4v) is 2.59. The van der Waals surface area contributed by atoms with Gasteiger partial charge in [-0.3, -0.25) is 9.52 Å². The summed E-state index contributed by atoms with van der Waals surface area (Å²) in [6, 6.07) is 4.49. The molecule has 1 atom stereocenters. The Morgan fingerprint density at radius 1 is 1.43 bits per heavy atom. The predicted molar refractivity (Wildman–Crippen MR) is 77.6 cm³/mol.